The second-order valence-corrected chi connectivity index (χ2v) is 3.43. The summed E-state index contributed by atoms with van der Waals surface area (Å²) in [5.41, 5.74) is 0.201. The third-order valence-corrected chi connectivity index (χ3v) is 1.68. The van der Waals surface area contributed by atoms with Gasteiger partial charge in [0.25, 0.3) is 0 Å². The SMILES string of the molecule is CN1CC[N]C(C)(C)C1. The van der Waals surface area contributed by atoms with Crippen molar-refractivity contribution in [1.82, 2.24) is 10.2 Å². The Kier molecular flexibility index (Phi) is 1.78. The third-order valence-electron chi connectivity index (χ3n) is 1.68. The van der Waals surface area contributed by atoms with Crippen LogP contribution in [0.4, 0.5) is 0 Å². The highest BCUT2D eigenvalue weighted by Gasteiger charge is 2.24. The van der Waals surface area contributed by atoms with Crippen LogP contribution in [-0.2, 0) is 0 Å². The van der Waals surface area contributed by atoms with Gasteiger partial charge in [-0.2, -0.15) is 0 Å². The molecule has 2 heteroatoms. The molecule has 2 nitrogen and oxygen atoms in total. The molecule has 1 aliphatic rings. The van der Waals surface area contributed by atoms with Gasteiger partial charge in [-0.1, -0.05) is 0 Å². The highest BCUT2D eigenvalue weighted by atomic mass is 15.2. The molecule has 53 valence electrons. The molecule has 0 aromatic heterocycles. The van der Waals surface area contributed by atoms with Gasteiger partial charge in [0.05, 0.1) is 0 Å². The van der Waals surface area contributed by atoms with Crippen molar-refractivity contribution < 1.29 is 0 Å². The second kappa shape index (κ2) is 2.27. The van der Waals surface area contributed by atoms with E-state index < -0.39 is 0 Å². The second-order valence-electron chi connectivity index (χ2n) is 3.43. The topological polar surface area (TPSA) is 17.3 Å². The quantitative estimate of drug-likeness (QED) is 0.458. The Hall–Kier alpha value is -0.0800. The first kappa shape index (κ1) is 7.03. The highest BCUT2D eigenvalue weighted by molar-refractivity contribution is 4.84. The van der Waals surface area contributed by atoms with E-state index in [4.69, 9.17) is 0 Å². The van der Waals surface area contributed by atoms with Gasteiger partial charge in [-0.3, -0.25) is 0 Å². The lowest BCUT2D eigenvalue weighted by atomic mass is 10.0. The van der Waals surface area contributed by atoms with Gasteiger partial charge in [-0.15, -0.1) is 0 Å². The molecule has 0 bridgehead atoms. The van der Waals surface area contributed by atoms with Crippen molar-refractivity contribution in [2.75, 3.05) is 26.7 Å². The van der Waals surface area contributed by atoms with Crippen molar-refractivity contribution in [1.29, 1.82) is 0 Å². The first-order chi connectivity index (χ1) is 4.10. The summed E-state index contributed by atoms with van der Waals surface area (Å²) in [6.45, 7) is 7.60. The van der Waals surface area contributed by atoms with Crippen molar-refractivity contribution in [2.45, 2.75) is 19.4 Å². The minimum Gasteiger partial charge on any atom is -0.303 e. The molecule has 0 aromatic carbocycles. The maximum absolute atomic E-state index is 4.47. The normalized spacial score (nSPS) is 28.3. The molecule has 0 amide bonds. The fraction of sp³-hybridized carbons (Fsp3) is 1.00. The van der Waals surface area contributed by atoms with Crippen LogP contribution in [0, 0.1) is 0 Å². The minimum atomic E-state index is 0.201. The Balaban J connectivity index is 2.41. The van der Waals surface area contributed by atoms with Crippen LogP contribution in [0.1, 0.15) is 13.8 Å². The Bertz CT molecular complexity index is 99.1. The number of piperazine rings is 1. The van der Waals surface area contributed by atoms with E-state index in [-0.39, 0.29) is 5.54 Å². The van der Waals surface area contributed by atoms with Gasteiger partial charge in [0.15, 0.2) is 0 Å². The van der Waals surface area contributed by atoms with E-state index in [0.29, 0.717) is 0 Å². The lowest BCUT2D eigenvalue weighted by Crippen LogP contribution is -2.51. The van der Waals surface area contributed by atoms with Crippen LogP contribution in [0.3, 0.4) is 0 Å². The maximum Gasteiger partial charge on any atom is 0.0427 e. The van der Waals surface area contributed by atoms with Gasteiger partial charge >= 0.3 is 0 Å². The maximum atomic E-state index is 4.47. The summed E-state index contributed by atoms with van der Waals surface area (Å²) in [6, 6.07) is 0. The summed E-state index contributed by atoms with van der Waals surface area (Å²) in [5.74, 6) is 0. The Labute approximate surface area is 57.2 Å². The number of hydrogen-bond acceptors (Lipinski definition) is 1. The van der Waals surface area contributed by atoms with Crippen LogP contribution in [0.5, 0.6) is 0 Å². The van der Waals surface area contributed by atoms with Crippen molar-refractivity contribution in [2.24, 2.45) is 0 Å². The molecule has 1 rings (SSSR count). The van der Waals surface area contributed by atoms with Crippen LogP contribution in [-0.4, -0.2) is 37.1 Å². The number of nitrogens with zero attached hydrogens (tertiary/aromatic N) is 2. The number of rotatable bonds is 0. The Morgan fingerprint density at radius 2 is 2.11 bits per heavy atom. The van der Waals surface area contributed by atoms with Crippen molar-refractivity contribution in [3.63, 3.8) is 0 Å². The molecule has 1 aliphatic heterocycles. The molecule has 0 aromatic rings. The average molecular weight is 127 g/mol. The summed E-state index contributed by atoms with van der Waals surface area (Å²) in [6.07, 6.45) is 0. The smallest absolute Gasteiger partial charge is 0.0427 e. The molecule has 1 radical (unpaired) electrons. The van der Waals surface area contributed by atoms with Gasteiger partial charge < -0.3 is 4.90 Å². The van der Waals surface area contributed by atoms with E-state index in [1.54, 1.807) is 0 Å². The summed E-state index contributed by atoms with van der Waals surface area (Å²) in [7, 11) is 2.15. The van der Waals surface area contributed by atoms with Crippen LogP contribution < -0.4 is 5.32 Å². The highest BCUT2D eigenvalue weighted by Crippen LogP contribution is 2.09. The van der Waals surface area contributed by atoms with E-state index in [1.165, 1.54) is 0 Å². The predicted octanol–water partition coefficient (Wildman–Crippen LogP) is 0.315. The molecule has 9 heavy (non-hydrogen) atoms. The molecule has 1 fully saturated rings. The van der Waals surface area contributed by atoms with Gasteiger partial charge in [-0.25, -0.2) is 5.32 Å². The van der Waals surface area contributed by atoms with E-state index in [2.05, 4.69) is 31.1 Å². The lowest BCUT2D eigenvalue weighted by Gasteiger charge is -2.35. The molecule has 0 aliphatic carbocycles. The third kappa shape index (κ3) is 1.95. The van der Waals surface area contributed by atoms with Crippen LogP contribution in [0.15, 0.2) is 0 Å². The minimum absolute atomic E-state index is 0.201. The van der Waals surface area contributed by atoms with E-state index in [9.17, 15) is 0 Å². The van der Waals surface area contributed by atoms with Crippen molar-refractivity contribution in [3.8, 4) is 0 Å². The van der Waals surface area contributed by atoms with E-state index >= 15 is 0 Å². The van der Waals surface area contributed by atoms with Crippen LogP contribution >= 0.6 is 0 Å². The molecule has 0 atom stereocenters. The molecule has 1 heterocycles. The van der Waals surface area contributed by atoms with Crippen molar-refractivity contribution in [3.05, 3.63) is 0 Å². The zero-order valence-corrected chi connectivity index (χ0v) is 6.52. The molecule has 0 saturated carbocycles. The number of hydrogen-bond donors (Lipinski definition) is 0. The number of likely N-dealkylation sites (N-methyl/N-ethyl adjacent to an activating group) is 1. The fourth-order valence-corrected chi connectivity index (χ4v) is 1.31. The molecule has 0 spiro atoms. The molecular weight excluding hydrogens is 112 g/mol. The zero-order chi connectivity index (χ0) is 6.91. The lowest BCUT2D eigenvalue weighted by molar-refractivity contribution is 0.180. The summed E-state index contributed by atoms with van der Waals surface area (Å²) < 4.78 is 0. The standard InChI is InChI=1S/C7H15N2/c1-7(2)6-9(3)5-4-8-7/h4-6H2,1-3H3. The van der Waals surface area contributed by atoms with Gasteiger partial charge in [0, 0.05) is 25.2 Å². The summed E-state index contributed by atoms with van der Waals surface area (Å²) >= 11 is 0. The molecular formula is C7H15N2. The van der Waals surface area contributed by atoms with Gasteiger partial charge in [-0.05, 0) is 20.9 Å². The van der Waals surface area contributed by atoms with Gasteiger partial charge in [0.1, 0.15) is 0 Å². The first-order valence-electron chi connectivity index (χ1n) is 3.47. The Morgan fingerprint density at radius 3 is 2.44 bits per heavy atom. The fourth-order valence-electron chi connectivity index (χ4n) is 1.31. The van der Waals surface area contributed by atoms with Crippen LogP contribution in [0.2, 0.25) is 0 Å². The average Bonchev–Trinajstić information content (AvgIpc) is 1.60. The van der Waals surface area contributed by atoms with Crippen molar-refractivity contribution >= 4 is 0 Å². The largest absolute Gasteiger partial charge is 0.303 e. The van der Waals surface area contributed by atoms with E-state index in [0.717, 1.165) is 19.6 Å². The molecule has 0 unspecified atom stereocenters. The molecule has 0 N–H and O–H groups in total. The summed E-state index contributed by atoms with van der Waals surface area (Å²) in [4.78, 5) is 2.33. The Morgan fingerprint density at radius 1 is 1.44 bits per heavy atom. The zero-order valence-electron chi connectivity index (χ0n) is 6.52. The predicted molar refractivity (Wildman–Crippen MR) is 38.6 cm³/mol. The first-order valence-corrected chi connectivity index (χ1v) is 3.47. The van der Waals surface area contributed by atoms with Gasteiger partial charge in [0.2, 0.25) is 0 Å². The molecule has 1 saturated heterocycles. The van der Waals surface area contributed by atoms with E-state index in [1.807, 2.05) is 0 Å². The monoisotopic (exact) mass is 127 g/mol. The van der Waals surface area contributed by atoms with Crippen LogP contribution in [0.25, 0.3) is 0 Å². The summed E-state index contributed by atoms with van der Waals surface area (Å²) in [5, 5.41) is 4.47.